The zero-order valence-electron chi connectivity index (χ0n) is 12.7. The van der Waals surface area contributed by atoms with Crippen molar-refractivity contribution in [2.45, 2.75) is 45.6 Å². The minimum Gasteiger partial charge on any atom is -0.469 e. The molecule has 0 aliphatic carbocycles. The normalized spacial score (nSPS) is 12.8. The molecule has 20 heavy (non-hydrogen) atoms. The van der Waals surface area contributed by atoms with E-state index in [2.05, 4.69) is 50.4 Å². The molecule has 1 aromatic carbocycles. The number of rotatable bonds is 7. The fourth-order valence-electron chi connectivity index (χ4n) is 2.49. The van der Waals surface area contributed by atoms with Gasteiger partial charge in [0.25, 0.3) is 0 Å². The quantitative estimate of drug-likeness (QED) is 0.790. The summed E-state index contributed by atoms with van der Waals surface area (Å²) in [5, 5.41) is 3.57. The van der Waals surface area contributed by atoms with Crippen LogP contribution in [0.5, 0.6) is 0 Å². The summed E-state index contributed by atoms with van der Waals surface area (Å²) >= 11 is 0. The van der Waals surface area contributed by atoms with Gasteiger partial charge >= 0.3 is 0 Å². The zero-order valence-corrected chi connectivity index (χ0v) is 12.7. The number of hydrogen-bond acceptors (Lipinski definition) is 2. The molecule has 1 unspecified atom stereocenters. The Bertz CT molecular complexity index is 485. The number of aryl methyl sites for hydroxylation is 1. The van der Waals surface area contributed by atoms with E-state index in [-0.39, 0.29) is 0 Å². The van der Waals surface area contributed by atoms with E-state index < -0.39 is 0 Å². The molecule has 0 amide bonds. The van der Waals surface area contributed by atoms with Crippen LogP contribution < -0.4 is 5.32 Å². The first-order chi connectivity index (χ1) is 9.70. The van der Waals surface area contributed by atoms with Crippen molar-refractivity contribution in [2.75, 3.05) is 6.54 Å². The lowest BCUT2D eigenvalue weighted by atomic mass is 9.96. The largest absolute Gasteiger partial charge is 0.469 e. The highest BCUT2D eigenvalue weighted by Gasteiger charge is 2.11. The maximum absolute atomic E-state index is 5.42. The molecular weight excluding hydrogens is 246 g/mol. The Morgan fingerprint density at radius 3 is 2.30 bits per heavy atom. The second-order valence-corrected chi connectivity index (χ2v) is 5.55. The molecule has 108 valence electrons. The van der Waals surface area contributed by atoms with E-state index in [1.54, 1.807) is 6.26 Å². The number of furan rings is 1. The van der Waals surface area contributed by atoms with Crippen molar-refractivity contribution >= 4 is 0 Å². The van der Waals surface area contributed by atoms with Crippen molar-refractivity contribution in [2.24, 2.45) is 0 Å². The van der Waals surface area contributed by atoms with E-state index in [1.807, 2.05) is 12.1 Å². The van der Waals surface area contributed by atoms with Crippen molar-refractivity contribution < 1.29 is 4.42 Å². The van der Waals surface area contributed by atoms with Gasteiger partial charge in [0, 0.05) is 12.5 Å². The van der Waals surface area contributed by atoms with Crippen LogP contribution in [0.15, 0.2) is 47.1 Å². The summed E-state index contributed by atoms with van der Waals surface area (Å²) in [6, 6.07) is 13.4. The molecule has 2 heteroatoms. The molecule has 0 bridgehead atoms. The van der Waals surface area contributed by atoms with E-state index in [1.165, 1.54) is 11.1 Å². The predicted octanol–water partition coefficient (Wildman–Crippen LogP) is 4.69. The highest BCUT2D eigenvalue weighted by molar-refractivity contribution is 5.27. The third-order valence-corrected chi connectivity index (χ3v) is 3.72. The van der Waals surface area contributed by atoms with Crippen molar-refractivity contribution in [1.82, 2.24) is 5.32 Å². The molecule has 0 aliphatic rings. The van der Waals surface area contributed by atoms with Gasteiger partial charge in [-0.1, -0.05) is 45.0 Å². The van der Waals surface area contributed by atoms with Gasteiger partial charge in [-0.3, -0.25) is 0 Å². The van der Waals surface area contributed by atoms with Crippen LogP contribution in [0, 0.1) is 0 Å². The van der Waals surface area contributed by atoms with Crippen LogP contribution in [0.4, 0.5) is 0 Å². The van der Waals surface area contributed by atoms with Crippen LogP contribution in [0.25, 0.3) is 0 Å². The van der Waals surface area contributed by atoms with Gasteiger partial charge in [-0.2, -0.15) is 0 Å². The first-order valence-electron chi connectivity index (χ1n) is 7.56. The van der Waals surface area contributed by atoms with Crippen LogP contribution in [0.1, 0.15) is 56.0 Å². The van der Waals surface area contributed by atoms with Gasteiger partial charge in [-0.15, -0.1) is 0 Å². The van der Waals surface area contributed by atoms with Crippen molar-refractivity contribution in [3.8, 4) is 0 Å². The van der Waals surface area contributed by atoms with Gasteiger partial charge < -0.3 is 9.73 Å². The van der Waals surface area contributed by atoms with Gasteiger partial charge in [0.2, 0.25) is 0 Å². The molecule has 1 aromatic heterocycles. The Hall–Kier alpha value is -1.54. The predicted molar refractivity (Wildman–Crippen MR) is 84.0 cm³/mol. The summed E-state index contributed by atoms with van der Waals surface area (Å²) in [5.41, 5.74) is 2.76. The van der Waals surface area contributed by atoms with E-state index in [0.717, 1.165) is 25.1 Å². The Kier molecular flexibility index (Phi) is 5.42. The van der Waals surface area contributed by atoms with E-state index in [9.17, 15) is 0 Å². The van der Waals surface area contributed by atoms with Crippen LogP contribution in [-0.4, -0.2) is 6.54 Å². The second kappa shape index (κ2) is 7.30. The van der Waals surface area contributed by atoms with E-state index >= 15 is 0 Å². The molecular formula is C18H25NO. The fourth-order valence-corrected chi connectivity index (χ4v) is 2.49. The molecule has 1 atom stereocenters. The Morgan fingerprint density at radius 2 is 1.75 bits per heavy atom. The Balaban J connectivity index is 2.03. The van der Waals surface area contributed by atoms with Crippen LogP contribution in [0.2, 0.25) is 0 Å². The molecule has 2 aromatic rings. The van der Waals surface area contributed by atoms with Crippen molar-refractivity contribution in [1.29, 1.82) is 0 Å². The number of benzene rings is 1. The lowest BCUT2D eigenvalue weighted by Gasteiger charge is -2.18. The maximum Gasteiger partial charge on any atom is 0.103 e. The molecule has 2 rings (SSSR count). The van der Waals surface area contributed by atoms with E-state index in [0.29, 0.717) is 12.0 Å². The molecule has 0 radical (unpaired) electrons. The number of nitrogens with one attached hydrogen (secondary N) is 1. The standard InChI is InChI=1S/C18H25NO/c1-4-19-18(12-11-17-6-5-13-20-17)16-9-7-15(8-10-16)14(2)3/h5-10,13-14,18-19H,4,11-12H2,1-3H3. The molecule has 0 fully saturated rings. The Labute approximate surface area is 122 Å². The molecule has 0 spiro atoms. The average Bonchev–Trinajstić information content (AvgIpc) is 2.97. The fraction of sp³-hybridized carbons (Fsp3) is 0.444. The molecule has 0 saturated carbocycles. The summed E-state index contributed by atoms with van der Waals surface area (Å²) in [7, 11) is 0. The first-order valence-corrected chi connectivity index (χ1v) is 7.56. The lowest BCUT2D eigenvalue weighted by molar-refractivity contribution is 0.458. The lowest BCUT2D eigenvalue weighted by Crippen LogP contribution is -2.21. The van der Waals surface area contributed by atoms with Crippen molar-refractivity contribution in [3.63, 3.8) is 0 Å². The summed E-state index contributed by atoms with van der Waals surface area (Å²) in [5.74, 6) is 1.65. The van der Waals surface area contributed by atoms with Gasteiger partial charge in [-0.25, -0.2) is 0 Å². The average molecular weight is 271 g/mol. The monoisotopic (exact) mass is 271 g/mol. The highest BCUT2D eigenvalue weighted by atomic mass is 16.3. The summed E-state index contributed by atoms with van der Waals surface area (Å²) < 4.78 is 5.42. The zero-order chi connectivity index (χ0) is 14.4. The minimum atomic E-state index is 0.395. The van der Waals surface area contributed by atoms with Crippen LogP contribution in [0.3, 0.4) is 0 Å². The smallest absolute Gasteiger partial charge is 0.103 e. The SMILES string of the molecule is CCNC(CCc1ccco1)c1ccc(C(C)C)cc1. The number of hydrogen-bond donors (Lipinski definition) is 1. The minimum absolute atomic E-state index is 0.395. The van der Waals surface area contributed by atoms with Crippen LogP contribution in [-0.2, 0) is 6.42 Å². The summed E-state index contributed by atoms with van der Waals surface area (Å²) in [6.07, 6.45) is 3.77. The van der Waals surface area contributed by atoms with Gasteiger partial charge in [0.15, 0.2) is 0 Å². The van der Waals surface area contributed by atoms with Gasteiger partial charge in [0.05, 0.1) is 6.26 Å². The molecule has 1 heterocycles. The highest BCUT2D eigenvalue weighted by Crippen LogP contribution is 2.22. The molecule has 0 saturated heterocycles. The third kappa shape index (κ3) is 3.97. The molecule has 2 nitrogen and oxygen atoms in total. The second-order valence-electron chi connectivity index (χ2n) is 5.55. The summed E-state index contributed by atoms with van der Waals surface area (Å²) in [6.45, 7) is 7.60. The van der Waals surface area contributed by atoms with Crippen LogP contribution >= 0.6 is 0 Å². The van der Waals surface area contributed by atoms with E-state index in [4.69, 9.17) is 4.42 Å². The molecule has 0 aliphatic heterocycles. The summed E-state index contributed by atoms with van der Waals surface area (Å²) in [4.78, 5) is 0. The Morgan fingerprint density at radius 1 is 1.05 bits per heavy atom. The van der Waals surface area contributed by atoms with Gasteiger partial charge in [0.1, 0.15) is 5.76 Å². The topological polar surface area (TPSA) is 25.2 Å². The van der Waals surface area contributed by atoms with Gasteiger partial charge in [-0.05, 0) is 42.1 Å². The third-order valence-electron chi connectivity index (χ3n) is 3.72. The maximum atomic E-state index is 5.42. The molecule has 1 N–H and O–H groups in total. The van der Waals surface area contributed by atoms with Crippen molar-refractivity contribution in [3.05, 3.63) is 59.5 Å². The first kappa shape index (κ1) is 14.9.